The topological polar surface area (TPSA) is 120 Å². The molecular formula is C25H35N5O5. The molecule has 190 valence electrons. The molecule has 2 heterocycles. The van der Waals surface area contributed by atoms with Gasteiger partial charge in [-0.15, -0.1) is 0 Å². The molecule has 2 fully saturated rings. The summed E-state index contributed by atoms with van der Waals surface area (Å²) in [6.45, 7) is 2.78. The molecule has 0 aromatic carbocycles. The fourth-order valence-corrected chi connectivity index (χ4v) is 4.74. The van der Waals surface area contributed by atoms with Gasteiger partial charge in [0.1, 0.15) is 6.61 Å². The highest BCUT2D eigenvalue weighted by Crippen LogP contribution is 2.31. The number of carbonyl (C=O) groups is 2. The number of aryl methyl sites for hydroxylation is 2. The van der Waals surface area contributed by atoms with E-state index in [4.69, 9.17) is 14.5 Å². The summed E-state index contributed by atoms with van der Waals surface area (Å²) < 4.78 is 13.4. The Labute approximate surface area is 205 Å². The first-order chi connectivity index (χ1) is 16.9. The highest BCUT2D eigenvalue weighted by molar-refractivity contribution is 5.70. The normalized spacial score (nSPS) is 20.2. The number of aliphatic carboxylic acids is 1. The number of hydrogen-bond donors (Lipinski definition) is 1. The van der Waals surface area contributed by atoms with Crippen molar-refractivity contribution < 1.29 is 24.2 Å². The Kier molecular flexibility index (Phi) is 7.87. The summed E-state index contributed by atoms with van der Waals surface area (Å²) >= 11 is 0. The molecule has 0 unspecified atom stereocenters. The maximum absolute atomic E-state index is 12.5. The summed E-state index contributed by atoms with van der Waals surface area (Å²) in [6.07, 6.45) is 9.86. The van der Waals surface area contributed by atoms with E-state index >= 15 is 0 Å². The van der Waals surface area contributed by atoms with Crippen LogP contribution in [0.3, 0.4) is 0 Å². The van der Waals surface area contributed by atoms with Crippen molar-refractivity contribution in [1.29, 1.82) is 0 Å². The van der Waals surface area contributed by atoms with Gasteiger partial charge in [0.15, 0.2) is 11.6 Å². The van der Waals surface area contributed by atoms with Crippen LogP contribution in [-0.2, 0) is 29.6 Å². The minimum Gasteiger partial charge on any atom is -0.487 e. The molecule has 0 bridgehead atoms. The molecule has 1 amide bonds. The summed E-state index contributed by atoms with van der Waals surface area (Å²) in [7, 11) is 3.57. The van der Waals surface area contributed by atoms with E-state index in [1.54, 1.807) is 36.1 Å². The SMILES string of the molecule is CCc1nc(-c2cnn(C)c2COC(=O)N(C)CC2CCC2)ncc1O[C@H]1CCC[C@H](C(=O)O)C1. The molecule has 0 spiro atoms. The molecule has 0 radical (unpaired) electrons. The smallest absolute Gasteiger partial charge is 0.409 e. The van der Waals surface area contributed by atoms with Gasteiger partial charge in [0.25, 0.3) is 0 Å². The number of nitrogens with zero attached hydrogens (tertiary/aromatic N) is 5. The molecule has 0 aliphatic heterocycles. The molecule has 2 aromatic rings. The van der Waals surface area contributed by atoms with Gasteiger partial charge in [-0.1, -0.05) is 13.3 Å². The summed E-state index contributed by atoms with van der Waals surface area (Å²) in [6, 6.07) is 0. The van der Waals surface area contributed by atoms with Crippen molar-refractivity contribution >= 4 is 12.1 Å². The first-order valence-corrected chi connectivity index (χ1v) is 12.5. The Morgan fingerprint density at radius 3 is 2.66 bits per heavy atom. The lowest BCUT2D eigenvalue weighted by molar-refractivity contribution is -0.143. The minimum atomic E-state index is -0.764. The van der Waals surface area contributed by atoms with Crippen molar-refractivity contribution in [2.75, 3.05) is 13.6 Å². The number of aromatic nitrogens is 4. The molecule has 0 saturated heterocycles. The Morgan fingerprint density at radius 2 is 1.97 bits per heavy atom. The first kappa shape index (κ1) is 24.9. The fraction of sp³-hybridized carbons (Fsp3) is 0.640. The molecule has 2 saturated carbocycles. The van der Waals surface area contributed by atoms with Gasteiger partial charge in [0.2, 0.25) is 0 Å². The van der Waals surface area contributed by atoms with Crippen molar-refractivity contribution in [3.8, 4) is 17.1 Å². The van der Waals surface area contributed by atoms with Gasteiger partial charge in [-0.25, -0.2) is 14.8 Å². The number of carbonyl (C=O) groups excluding carboxylic acids is 1. The Balaban J connectivity index is 1.44. The van der Waals surface area contributed by atoms with E-state index in [-0.39, 0.29) is 24.7 Å². The molecule has 10 heteroatoms. The van der Waals surface area contributed by atoms with Gasteiger partial charge >= 0.3 is 12.1 Å². The number of rotatable bonds is 9. The zero-order valence-corrected chi connectivity index (χ0v) is 20.8. The van der Waals surface area contributed by atoms with Crippen LogP contribution in [-0.4, -0.2) is 61.5 Å². The van der Waals surface area contributed by atoms with Gasteiger partial charge in [0.05, 0.1) is 41.4 Å². The van der Waals surface area contributed by atoms with Gasteiger partial charge in [-0.05, 0) is 50.9 Å². The second-order valence-electron chi connectivity index (χ2n) is 9.66. The van der Waals surface area contributed by atoms with Crippen LogP contribution in [0, 0.1) is 11.8 Å². The lowest BCUT2D eigenvalue weighted by Gasteiger charge is -2.29. The predicted octanol–water partition coefficient (Wildman–Crippen LogP) is 3.83. The highest BCUT2D eigenvalue weighted by Gasteiger charge is 2.29. The summed E-state index contributed by atoms with van der Waals surface area (Å²) in [5.74, 6) is 0.516. The van der Waals surface area contributed by atoms with Crippen LogP contribution in [0.1, 0.15) is 63.3 Å². The van der Waals surface area contributed by atoms with Gasteiger partial charge in [-0.2, -0.15) is 5.10 Å². The van der Waals surface area contributed by atoms with Gasteiger partial charge in [0, 0.05) is 20.6 Å². The van der Waals surface area contributed by atoms with Gasteiger partial charge in [-0.3, -0.25) is 9.48 Å². The first-order valence-electron chi connectivity index (χ1n) is 12.5. The Morgan fingerprint density at radius 1 is 1.20 bits per heavy atom. The predicted molar refractivity (Wildman–Crippen MR) is 128 cm³/mol. The van der Waals surface area contributed by atoms with E-state index in [2.05, 4.69) is 10.1 Å². The second kappa shape index (κ2) is 11.0. The number of hydrogen-bond acceptors (Lipinski definition) is 7. The number of amides is 1. The molecule has 4 rings (SSSR count). The average Bonchev–Trinajstić information content (AvgIpc) is 3.20. The van der Waals surface area contributed by atoms with Crippen LogP contribution < -0.4 is 4.74 Å². The van der Waals surface area contributed by atoms with Crippen molar-refractivity contribution in [1.82, 2.24) is 24.6 Å². The van der Waals surface area contributed by atoms with Crippen molar-refractivity contribution in [2.24, 2.45) is 18.9 Å². The molecule has 2 aliphatic carbocycles. The van der Waals surface area contributed by atoms with Crippen LogP contribution >= 0.6 is 0 Å². The highest BCUT2D eigenvalue weighted by atomic mass is 16.6. The van der Waals surface area contributed by atoms with Gasteiger partial charge < -0.3 is 19.5 Å². The lowest BCUT2D eigenvalue weighted by Crippen LogP contribution is -2.34. The second-order valence-corrected chi connectivity index (χ2v) is 9.66. The van der Waals surface area contributed by atoms with Crippen LogP contribution in [0.25, 0.3) is 11.4 Å². The van der Waals surface area contributed by atoms with E-state index < -0.39 is 5.97 Å². The van der Waals surface area contributed by atoms with Crippen LogP contribution in [0.2, 0.25) is 0 Å². The average molecular weight is 486 g/mol. The van der Waals surface area contributed by atoms with Crippen molar-refractivity contribution in [2.45, 2.75) is 71.0 Å². The number of carboxylic acids is 1. The third-order valence-electron chi connectivity index (χ3n) is 7.14. The zero-order valence-electron chi connectivity index (χ0n) is 20.8. The van der Waals surface area contributed by atoms with Crippen molar-refractivity contribution in [3.63, 3.8) is 0 Å². The molecule has 1 N–H and O–H groups in total. The lowest BCUT2D eigenvalue weighted by atomic mass is 9.85. The number of ether oxygens (including phenoxy) is 2. The third kappa shape index (κ3) is 5.91. The maximum atomic E-state index is 12.5. The standard InChI is InChI=1S/C25H35N5O5/c1-4-20-22(35-18-10-6-9-17(11-18)24(31)32)13-26-23(28-20)19-12-27-30(3)21(19)15-34-25(33)29(2)14-16-7-5-8-16/h12-13,16-18H,4-11,14-15H2,1-3H3,(H,31,32)/t17-,18-/m0/s1. The van der Waals surface area contributed by atoms with Crippen LogP contribution in [0.15, 0.2) is 12.4 Å². The molecule has 2 aliphatic rings. The summed E-state index contributed by atoms with van der Waals surface area (Å²) in [5, 5.41) is 13.7. The Hall–Kier alpha value is -3.17. The molecule has 10 nitrogen and oxygen atoms in total. The van der Waals surface area contributed by atoms with E-state index in [1.165, 1.54) is 19.3 Å². The van der Waals surface area contributed by atoms with E-state index in [0.717, 1.165) is 25.1 Å². The third-order valence-corrected chi connectivity index (χ3v) is 7.14. The molecular weight excluding hydrogens is 450 g/mol. The monoisotopic (exact) mass is 485 g/mol. The fourth-order valence-electron chi connectivity index (χ4n) is 4.74. The Bertz CT molecular complexity index is 1050. The molecule has 2 atom stereocenters. The minimum absolute atomic E-state index is 0.0708. The molecule has 35 heavy (non-hydrogen) atoms. The van der Waals surface area contributed by atoms with E-state index in [1.807, 2.05) is 6.92 Å². The molecule has 2 aromatic heterocycles. The number of carboxylic acid groups (broad SMARTS) is 1. The zero-order chi connectivity index (χ0) is 24.9. The maximum Gasteiger partial charge on any atom is 0.409 e. The van der Waals surface area contributed by atoms with Crippen LogP contribution in [0.5, 0.6) is 5.75 Å². The largest absolute Gasteiger partial charge is 0.487 e. The summed E-state index contributed by atoms with van der Waals surface area (Å²) in [5.41, 5.74) is 2.16. The summed E-state index contributed by atoms with van der Waals surface area (Å²) in [4.78, 5) is 34.7. The van der Waals surface area contributed by atoms with Crippen molar-refractivity contribution in [3.05, 3.63) is 23.8 Å². The quantitative estimate of drug-likeness (QED) is 0.569. The van der Waals surface area contributed by atoms with E-state index in [0.29, 0.717) is 48.0 Å². The van der Waals surface area contributed by atoms with E-state index in [9.17, 15) is 14.7 Å². The van der Waals surface area contributed by atoms with Crippen LogP contribution in [0.4, 0.5) is 4.79 Å².